The van der Waals surface area contributed by atoms with Crippen LogP contribution in [0.4, 0.5) is 0 Å². The molecule has 0 bridgehead atoms. The van der Waals surface area contributed by atoms with Crippen molar-refractivity contribution in [3.8, 4) is 0 Å². The van der Waals surface area contributed by atoms with Gasteiger partial charge in [0.05, 0.1) is 13.2 Å². The van der Waals surface area contributed by atoms with E-state index in [4.69, 9.17) is 4.74 Å². The summed E-state index contributed by atoms with van der Waals surface area (Å²) < 4.78 is 5.28. The van der Waals surface area contributed by atoms with Crippen molar-refractivity contribution >= 4 is 5.91 Å². The summed E-state index contributed by atoms with van der Waals surface area (Å²) >= 11 is 0. The molecule has 0 radical (unpaired) electrons. The number of hydrogen-bond donors (Lipinski definition) is 1. The van der Waals surface area contributed by atoms with Gasteiger partial charge in [0.25, 0.3) is 0 Å². The molecular formula is C15H27N3O2. The van der Waals surface area contributed by atoms with E-state index >= 15 is 0 Å². The predicted octanol–water partition coefficient (Wildman–Crippen LogP) is 0.165. The lowest BCUT2D eigenvalue weighted by Crippen LogP contribution is -2.41. The van der Waals surface area contributed by atoms with E-state index in [1.54, 1.807) is 0 Å². The number of rotatable bonds is 4. The Balaban J connectivity index is 1.38. The Bertz CT molecular complexity index is 344. The molecule has 3 aliphatic heterocycles. The van der Waals surface area contributed by atoms with Crippen LogP contribution in [-0.2, 0) is 9.53 Å². The number of morpholine rings is 1. The standard InChI is InChI=1S/C15H27N3O2/c1-12-14-10-16-9-13(14)11-18(12)4-2-3-15(19)17-5-7-20-8-6-17/h12-14,16H,2-11H2,1H3. The second-order valence-electron chi connectivity index (χ2n) is 6.41. The smallest absolute Gasteiger partial charge is 0.222 e. The molecule has 0 aromatic rings. The van der Waals surface area contributed by atoms with Gasteiger partial charge in [0.2, 0.25) is 5.91 Å². The van der Waals surface area contributed by atoms with Crippen LogP contribution in [0, 0.1) is 11.8 Å². The summed E-state index contributed by atoms with van der Waals surface area (Å²) in [7, 11) is 0. The highest BCUT2D eigenvalue weighted by Gasteiger charge is 2.41. The Morgan fingerprint density at radius 3 is 2.85 bits per heavy atom. The molecule has 3 heterocycles. The Kier molecular flexibility index (Phi) is 4.58. The highest BCUT2D eigenvalue weighted by Crippen LogP contribution is 2.32. The molecule has 0 saturated carbocycles. The number of nitrogens with zero attached hydrogens (tertiary/aromatic N) is 2. The molecule has 20 heavy (non-hydrogen) atoms. The van der Waals surface area contributed by atoms with Crippen LogP contribution in [0.3, 0.4) is 0 Å². The normalized spacial score (nSPS) is 34.5. The molecule has 0 spiro atoms. The summed E-state index contributed by atoms with van der Waals surface area (Å²) in [5, 5.41) is 3.49. The van der Waals surface area contributed by atoms with E-state index in [2.05, 4.69) is 17.1 Å². The lowest BCUT2D eigenvalue weighted by molar-refractivity contribution is -0.135. The zero-order valence-electron chi connectivity index (χ0n) is 12.5. The molecule has 3 saturated heterocycles. The van der Waals surface area contributed by atoms with Gasteiger partial charge in [0.15, 0.2) is 0 Å². The van der Waals surface area contributed by atoms with Gasteiger partial charge in [-0.25, -0.2) is 0 Å². The Labute approximate surface area is 121 Å². The van der Waals surface area contributed by atoms with Crippen LogP contribution < -0.4 is 5.32 Å². The van der Waals surface area contributed by atoms with E-state index < -0.39 is 0 Å². The molecule has 3 atom stereocenters. The molecule has 0 aromatic carbocycles. The highest BCUT2D eigenvalue weighted by molar-refractivity contribution is 5.76. The van der Waals surface area contributed by atoms with Crippen LogP contribution in [0.15, 0.2) is 0 Å². The molecule has 1 amide bonds. The van der Waals surface area contributed by atoms with Crippen molar-refractivity contribution in [2.24, 2.45) is 11.8 Å². The first-order valence-electron chi connectivity index (χ1n) is 8.06. The number of fused-ring (bicyclic) bond motifs is 1. The number of amides is 1. The zero-order valence-corrected chi connectivity index (χ0v) is 12.5. The molecule has 0 aromatic heterocycles. The highest BCUT2D eigenvalue weighted by atomic mass is 16.5. The number of likely N-dealkylation sites (tertiary alicyclic amines) is 1. The van der Waals surface area contributed by atoms with Gasteiger partial charge in [-0.3, -0.25) is 9.69 Å². The van der Waals surface area contributed by atoms with Gasteiger partial charge in [-0.05, 0) is 44.8 Å². The molecule has 114 valence electrons. The first-order chi connectivity index (χ1) is 9.75. The largest absolute Gasteiger partial charge is 0.378 e. The molecule has 3 aliphatic rings. The maximum absolute atomic E-state index is 12.1. The predicted molar refractivity (Wildman–Crippen MR) is 77.5 cm³/mol. The molecule has 0 aliphatic carbocycles. The maximum atomic E-state index is 12.1. The van der Waals surface area contributed by atoms with Crippen molar-refractivity contribution in [2.45, 2.75) is 25.8 Å². The molecule has 3 unspecified atom stereocenters. The maximum Gasteiger partial charge on any atom is 0.222 e. The monoisotopic (exact) mass is 281 g/mol. The first-order valence-corrected chi connectivity index (χ1v) is 8.06. The summed E-state index contributed by atoms with van der Waals surface area (Å²) in [6, 6.07) is 0.675. The zero-order chi connectivity index (χ0) is 13.9. The van der Waals surface area contributed by atoms with Crippen LogP contribution in [-0.4, -0.2) is 74.2 Å². The Hall–Kier alpha value is -0.650. The van der Waals surface area contributed by atoms with E-state index in [9.17, 15) is 4.79 Å². The average Bonchev–Trinajstić information content (AvgIpc) is 3.04. The van der Waals surface area contributed by atoms with E-state index in [1.165, 1.54) is 19.6 Å². The average molecular weight is 281 g/mol. The quantitative estimate of drug-likeness (QED) is 0.798. The van der Waals surface area contributed by atoms with Crippen molar-refractivity contribution in [1.82, 2.24) is 15.1 Å². The van der Waals surface area contributed by atoms with Gasteiger partial charge in [0.1, 0.15) is 0 Å². The van der Waals surface area contributed by atoms with Gasteiger partial charge < -0.3 is 15.0 Å². The van der Waals surface area contributed by atoms with Crippen molar-refractivity contribution in [3.05, 3.63) is 0 Å². The molecule has 5 heteroatoms. The Morgan fingerprint density at radius 2 is 2.10 bits per heavy atom. The van der Waals surface area contributed by atoms with Crippen LogP contribution in [0.5, 0.6) is 0 Å². The van der Waals surface area contributed by atoms with Gasteiger partial charge in [0, 0.05) is 32.1 Å². The number of carbonyl (C=O) groups excluding carboxylic acids is 1. The molecular weight excluding hydrogens is 254 g/mol. The number of carbonyl (C=O) groups is 1. The SMILES string of the molecule is CC1C2CNCC2CN1CCCC(=O)N1CCOCC1. The van der Waals surface area contributed by atoms with Crippen LogP contribution in [0.25, 0.3) is 0 Å². The summed E-state index contributed by atoms with van der Waals surface area (Å²) in [6.45, 7) is 9.93. The van der Waals surface area contributed by atoms with Crippen LogP contribution >= 0.6 is 0 Å². The second-order valence-corrected chi connectivity index (χ2v) is 6.41. The third-order valence-corrected chi connectivity index (χ3v) is 5.26. The van der Waals surface area contributed by atoms with Crippen molar-refractivity contribution < 1.29 is 9.53 Å². The van der Waals surface area contributed by atoms with E-state index in [0.29, 0.717) is 31.6 Å². The minimum Gasteiger partial charge on any atom is -0.378 e. The van der Waals surface area contributed by atoms with Gasteiger partial charge >= 0.3 is 0 Å². The second kappa shape index (κ2) is 6.41. The number of nitrogens with one attached hydrogen (secondary N) is 1. The van der Waals surface area contributed by atoms with Gasteiger partial charge in [-0.15, -0.1) is 0 Å². The van der Waals surface area contributed by atoms with E-state index in [-0.39, 0.29) is 0 Å². The molecule has 3 fully saturated rings. The molecule has 5 nitrogen and oxygen atoms in total. The van der Waals surface area contributed by atoms with E-state index in [0.717, 1.165) is 37.9 Å². The summed E-state index contributed by atoms with van der Waals surface area (Å²) in [5.41, 5.74) is 0. The number of hydrogen-bond acceptors (Lipinski definition) is 4. The first kappa shape index (κ1) is 14.3. The third kappa shape index (κ3) is 3.00. The Morgan fingerprint density at radius 1 is 1.30 bits per heavy atom. The lowest BCUT2D eigenvalue weighted by Gasteiger charge is -2.28. The van der Waals surface area contributed by atoms with Crippen LogP contribution in [0.1, 0.15) is 19.8 Å². The summed E-state index contributed by atoms with van der Waals surface area (Å²) in [4.78, 5) is 16.6. The third-order valence-electron chi connectivity index (χ3n) is 5.26. The fourth-order valence-electron chi connectivity index (χ4n) is 3.96. The summed E-state index contributed by atoms with van der Waals surface area (Å²) in [5.74, 6) is 1.96. The fraction of sp³-hybridized carbons (Fsp3) is 0.933. The van der Waals surface area contributed by atoms with Crippen molar-refractivity contribution in [3.63, 3.8) is 0 Å². The van der Waals surface area contributed by atoms with Crippen molar-refractivity contribution in [1.29, 1.82) is 0 Å². The fourth-order valence-corrected chi connectivity index (χ4v) is 3.96. The van der Waals surface area contributed by atoms with E-state index in [1.807, 2.05) is 4.90 Å². The van der Waals surface area contributed by atoms with Gasteiger partial charge in [-0.1, -0.05) is 0 Å². The summed E-state index contributed by atoms with van der Waals surface area (Å²) in [6.07, 6.45) is 1.68. The minimum absolute atomic E-state index is 0.307. The van der Waals surface area contributed by atoms with Gasteiger partial charge in [-0.2, -0.15) is 0 Å². The van der Waals surface area contributed by atoms with Crippen molar-refractivity contribution in [2.75, 3.05) is 52.5 Å². The number of ether oxygens (including phenoxy) is 1. The molecule has 3 rings (SSSR count). The minimum atomic E-state index is 0.307. The topological polar surface area (TPSA) is 44.8 Å². The lowest BCUT2D eigenvalue weighted by atomic mass is 9.95. The molecule has 1 N–H and O–H groups in total. The van der Waals surface area contributed by atoms with Crippen LogP contribution in [0.2, 0.25) is 0 Å².